The van der Waals surface area contributed by atoms with Crippen molar-refractivity contribution in [2.24, 2.45) is 0 Å². The summed E-state index contributed by atoms with van der Waals surface area (Å²) >= 11 is 5.74. The molecule has 0 aliphatic rings. The summed E-state index contributed by atoms with van der Waals surface area (Å²) in [5.41, 5.74) is 3.38. The van der Waals surface area contributed by atoms with Crippen LogP contribution in [0.4, 0.5) is 0 Å². The molecule has 168 valence electrons. The molecular formula is C25H30N4O2S. The van der Waals surface area contributed by atoms with Gasteiger partial charge in [-0.2, -0.15) is 0 Å². The summed E-state index contributed by atoms with van der Waals surface area (Å²) < 4.78 is 11.4. The number of benzene rings is 1. The molecule has 0 saturated carbocycles. The van der Waals surface area contributed by atoms with Crippen LogP contribution in [0, 0.1) is 0 Å². The lowest BCUT2D eigenvalue weighted by Crippen LogP contribution is -2.39. The van der Waals surface area contributed by atoms with Gasteiger partial charge in [0.05, 0.1) is 13.2 Å². The van der Waals surface area contributed by atoms with E-state index in [0.717, 1.165) is 35.6 Å². The molecule has 0 saturated heterocycles. The highest BCUT2D eigenvalue weighted by molar-refractivity contribution is 7.80. The third kappa shape index (κ3) is 7.20. The van der Waals surface area contributed by atoms with Gasteiger partial charge in [0.15, 0.2) is 16.6 Å². The van der Waals surface area contributed by atoms with E-state index in [9.17, 15) is 0 Å². The Morgan fingerprint density at radius 3 is 2.06 bits per heavy atom. The Kier molecular flexibility index (Phi) is 9.25. The molecule has 2 aromatic heterocycles. The molecule has 0 spiro atoms. The van der Waals surface area contributed by atoms with Crippen molar-refractivity contribution in [2.45, 2.75) is 33.4 Å². The first-order valence-corrected chi connectivity index (χ1v) is 11.3. The first kappa shape index (κ1) is 23.5. The van der Waals surface area contributed by atoms with Gasteiger partial charge < -0.3 is 19.7 Å². The fraction of sp³-hybridized carbons (Fsp3) is 0.320. The predicted molar refractivity (Wildman–Crippen MR) is 131 cm³/mol. The van der Waals surface area contributed by atoms with Gasteiger partial charge in [0.1, 0.15) is 0 Å². The minimum Gasteiger partial charge on any atom is -0.490 e. The highest BCUT2D eigenvalue weighted by atomic mass is 32.1. The number of rotatable bonds is 11. The standard InChI is InChI=1S/C25H30N4O2S/c1-3-30-23-10-9-20(15-24(23)31-4-2)11-14-28-25(32)29(18-21-7-5-12-26-16-21)19-22-8-6-13-27-17-22/h5-10,12-13,15-17H,3-4,11,14,18-19H2,1-2H3,(H,28,32). The van der Waals surface area contributed by atoms with Crippen molar-refractivity contribution in [2.75, 3.05) is 19.8 Å². The molecule has 2 heterocycles. The van der Waals surface area contributed by atoms with E-state index in [0.29, 0.717) is 31.4 Å². The molecule has 7 heteroatoms. The summed E-state index contributed by atoms with van der Waals surface area (Å²) in [5, 5.41) is 4.11. The summed E-state index contributed by atoms with van der Waals surface area (Å²) in [7, 11) is 0. The number of hydrogen-bond acceptors (Lipinski definition) is 5. The summed E-state index contributed by atoms with van der Waals surface area (Å²) in [5.74, 6) is 1.56. The van der Waals surface area contributed by atoms with Gasteiger partial charge >= 0.3 is 0 Å². The smallest absolute Gasteiger partial charge is 0.169 e. The van der Waals surface area contributed by atoms with Crippen LogP contribution >= 0.6 is 12.2 Å². The van der Waals surface area contributed by atoms with E-state index in [1.807, 2.05) is 50.5 Å². The maximum absolute atomic E-state index is 5.74. The van der Waals surface area contributed by atoms with Crippen LogP contribution in [-0.4, -0.2) is 39.7 Å². The minimum absolute atomic E-state index is 0.601. The molecule has 3 aromatic rings. The summed E-state index contributed by atoms with van der Waals surface area (Å²) in [6.45, 7) is 7.22. The van der Waals surface area contributed by atoms with Crippen molar-refractivity contribution in [3.05, 3.63) is 83.9 Å². The third-order valence-corrected chi connectivity index (χ3v) is 5.18. The van der Waals surface area contributed by atoms with Crippen molar-refractivity contribution >= 4 is 17.3 Å². The van der Waals surface area contributed by atoms with E-state index in [1.165, 1.54) is 5.56 Å². The van der Waals surface area contributed by atoms with Crippen LogP contribution in [0.2, 0.25) is 0 Å². The van der Waals surface area contributed by atoms with E-state index in [-0.39, 0.29) is 0 Å². The lowest BCUT2D eigenvalue weighted by molar-refractivity contribution is 0.287. The molecule has 32 heavy (non-hydrogen) atoms. The van der Waals surface area contributed by atoms with E-state index in [4.69, 9.17) is 21.7 Å². The zero-order chi connectivity index (χ0) is 22.6. The Morgan fingerprint density at radius 1 is 0.875 bits per heavy atom. The summed E-state index contributed by atoms with van der Waals surface area (Å²) in [6, 6.07) is 14.1. The van der Waals surface area contributed by atoms with Gasteiger partial charge in [0.25, 0.3) is 0 Å². The number of ether oxygens (including phenoxy) is 2. The molecule has 0 aliphatic carbocycles. The van der Waals surface area contributed by atoms with Gasteiger partial charge in [0, 0.05) is 44.4 Å². The Bertz CT molecular complexity index is 929. The van der Waals surface area contributed by atoms with Crippen LogP contribution in [-0.2, 0) is 19.5 Å². The maximum atomic E-state index is 5.74. The highest BCUT2D eigenvalue weighted by Gasteiger charge is 2.12. The number of nitrogens with zero attached hydrogens (tertiary/aromatic N) is 3. The lowest BCUT2D eigenvalue weighted by atomic mass is 10.1. The average molecular weight is 451 g/mol. The van der Waals surface area contributed by atoms with E-state index < -0.39 is 0 Å². The van der Waals surface area contributed by atoms with E-state index in [2.05, 4.69) is 38.4 Å². The van der Waals surface area contributed by atoms with Crippen LogP contribution in [0.3, 0.4) is 0 Å². The Labute approximate surface area is 195 Å². The van der Waals surface area contributed by atoms with Crippen molar-refractivity contribution < 1.29 is 9.47 Å². The maximum Gasteiger partial charge on any atom is 0.169 e. The van der Waals surface area contributed by atoms with Gasteiger partial charge in [-0.3, -0.25) is 9.97 Å². The van der Waals surface area contributed by atoms with Crippen molar-refractivity contribution in [3.63, 3.8) is 0 Å². The lowest BCUT2D eigenvalue weighted by Gasteiger charge is -2.26. The summed E-state index contributed by atoms with van der Waals surface area (Å²) in [4.78, 5) is 10.6. The SMILES string of the molecule is CCOc1ccc(CCNC(=S)N(Cc2cccnc2)Cc2cccnc2)cc1OCC. The molecule has 3 rings (SSSR count). The number of hydrogen-bond donors (Lipinski definition) is 1. The molecule has 0 fully saturated rings. The molecule has 0 aliphatic heterocycles. The third-order valence-electron chi connectivity index (χ3n) is 4.78. The van der Waals surface area contributed by atoms with Crippen LogP contribution in [0.15, 0.2) is 67.3 Å². The summed E-state index contributed by atoms with van der Waals surface area (Å²) in [6.07, 6.45) is 8.11. The van der Waals surface area contributed by atoms with Crippen LogP contribution in [0.25, 0.3) is 0 Å². The molecule has 0 amide bonds. The molecule has 6 nitrogen and oxygen atoms in total. The second kappa shape index (κ2) is 12.6. The molecule has 0 unspecified atom stereocenters. The zero-order valence-corrected chi connectivity index (χ0v) is 19.5. The minimum atomic E-state index is 0.601. The van der Waals surface area contributed by atoms with Gasteiger partial charge in [-0.1, -0.05) is 18.2 Å². The first-order valence-electron chi connectivity index (χ1n) is 10.9. The first-order chi connectivity index (χ1) is 15.7. The number of aromatic nitrogens is 2. The van der Waals surface area contributed by atoms with E-state index in [1.54, 1.807) is 12.4 Å². The monoisotopic (exact) mass is 450 g/mol. The quantitative estimate of drug-likeness (QED) is 0.435. The highest BCUT2D eigenvalue weighted by Crippen LogP contribution is 2.28. The van der Waals surface area contributed by atoms with Crippen LogP contribution in [0.1, 0.15) is 30.5 Å². The van der Waals surface area contributed by atoms with Gasteiger partial charge in [-0.05, 0) is 73.4 Å². The van der Waals surface area contributed by atoms with Gasteiger partial charge in [-0.15, -0.1) is 0 Å². The molecule has 1 N–H and O–H groups in total. The molecule has 0 atom stereocenters. The van der Waals surface area contributed by atoms with Crippen LogP contribution < -0.4 is 14.8 Å². The van der Waals surface area contributed by atoms with Crippen molar-refractivity contribution in [1.82, 2.24) is 20.2 Å². The fourth-order valence-electron chi connectivity index (χ4n) is 3.30. The average Bonchev–Trinajstić information content (AvgIpc) is 2.82. The topological polar surface area (TPSA) is 59.5 Å². The van der Waals surface area contributed by atoms with Crippen LogP contribution in [0.5, 0.6) is 11.5 Å². The zero-order valence-electron chi connectivity index (χ0n) is 18.7. The van der Waals surface area contributed by atoms with Crippen molar-refractivity contribution in [3.8, 4) is 11.5 Å². The van der Waals surface area contributed by atoms with Gasteiger partial charge in [0.2, 0.25) is 0 Å². The number of thiocarbonyl (C=S) groups is 1. The Balaban J connectivity index is 1.62. The molecule has 0 bridgehead atoms. The number of pyridine rings is 2. The molecule has 1 aromatic carbocycles. The molecule has 0 radical (unpaired) electrons. The fourth-order valence-corrected chi connectivity index (χ4v) is 3.53. The van der Waals surface area contributed by atoms with E-state index >= 15 is 0 Å². The second-order valence-corrected chi connectivity index (χ2v) is 7.59. The normalized spacial score (nSPS) is 10.4. The Hall–Kier alpha value is -3.19. The molecular weight excluding hydrogens is 420 g/mol. The Morgan fingerprint density at radius 2 is 1.50 bits per heavy atom. The predicted octanol–water partition coefficient (Wildman–Crippen LogP) is 4.39. The second-order valence-electron chi connectivity index (χ2n) is 7.21. The van der Waals surface area contributed by atoms with Gasteiger partial charge in [-0.25, -0.2) is 0 Å². The largest absolute Gasteiger partial charge is 0.490 e. The number of nitrogens with one attached hydrogen (secondary N) is 1. The van der Waals surface area contributed by atoms with Crippen molar-refractivity contribution in [1.29, 1.82) is 0 Å².